The van der Waals surface area contributed by atoms with Gasteiger partial charge in [0.1, 0.15) is 18.3 Å². The zero-order valence-electron chi connectivity index (χ0n) is 18.5. The zero-order chi connectivity index (χ0) is 23.3. The highest BCUT2D eigenvalue weighted by Gasteiger charge is 2.41. The van der Waals surface area contributed by atoms with Crippen LogP contribution in [0.1, 0.15) is 19.8 Å². The average Bonchev–Trinajstić information content (AvgIpc) is 3.10. The van der Waals surface area contributed by atoms with Crippen LogP contribution in [0.5, 0.6) is 0 Å². The monoisotopic (exact) mass is 462 g/mol. The number of anilines is 2. The molecule has 1 amide bonds. The summed E-state index contributed by atoms with van der Waals surface area (Å²) < 4.78 is 10.0. The lowest BCUT2D eigenvalue weighted by atomic mass is 10.1. The Hall–Kier alpha value is -2.84. The molecule has 0 aromatic carbocycles. The van der Waals surface area contributed by atoms with Gasteiger partial charge in [-0.15, -0.1) is 11.8 Å². The number of rotatable bonds is 14. The van der Waals surface area contributed by atoms with E-state index in [0.717, 1.165) is 0 Å². The zero-order valence-corrected chi connectivity index (χ0v) is 19.3. The third-order valence-corrected chi connectivity index (χ3v) is 6.27. The van der Waals surface area contributed by atoms with Gasteiger partial charge in [0, 0.05) is 39.4 Å². The number of carbonyl (C=O) groups is 2. The molecule has 3 atom stereocenters. The first-order valence-corrected chi connectivity index (χ1v) is 11.4. The number of carbonyl (C=O) groups excluding carboxylic acids is 2. The van der Waals surface area contributed by atoms with Crippen molar-refractivity contribution in [2.24, 2.45) is 5.92 Å². The van der Waals surface area contributed by atoms with Crippen LogP contribution in [0.3, 0.4) is 0 Å². The minimum absolute atomic E-state index is 0.0105. The predicted octanol–water partition coefficient (Wildman–Crippen LogP) is 1.89. The van der Waals surface area contributed by atoms with Gasteiger partial charge < -0.3 is 25.0 Å². The van der Waals surface area contributed by atoms with Crippen LogP contribution >= 0.6 is 11.8 Å². The molecular weight excluding hydrogens is 432 g/mol. The summed E-state index contributed by atoms with van der Waals surface area (Å²) in [6, 6.07) is 3.77. The Bertz CT molecular complexity index is 818. The Morgan fingerprint density at radius 1 is 1.47 bits per heavy atom. The number of nitriles is 1. The van der Waals surface area contributed by atoms with Crippen LogP contribution in [0.25, 0.3) is 0 Å². The largest absolute Gasteiger partial charge is 0.460 e. The van der Waals surface area contributed by atoms with Gasteiger partial charge in [-0.3, -0.25) is 9.59 Å². The maximum absolute atomic E-state index is 12.8. The van der Waals surface area contributed by atoms with Crippen molar-refractivity contribution < 1.29 is 19.1 Å². The normalized spacial score (nSPS) is 18.7. The second-order valence-corrected chi connectivity index (χ2v) is 8.33. The molecule has 11 heteroatoms. The number of nitrogens with zero attached hydrogens (tertiary/aromatic N) is 4. The van der Waals surface area contributed by atoms with Crippen LogP contribution < -0.4 is 10.6 Å². The third-order valence-electron chi connectivity index (χ3n) is 4.75. The van der Waals surface area contributed by atoms with Gasteiger partial charge >= 0.3 is 5.97 Å². The summed E-state index contributed by atoms with van der Waals surface area (Å²) in [4.78, 5) is 35.2. The molecule has 3 unspecified atom stereocenters. The molecule has 0 spiro atoms. The van der Waals surface area contributed by atoms with Crippen molar-refractivity contribution in [3.05, 3.63) is 24.9 Å². The summed E-state index contributed by atoms with van der Waals surface area (Å²) in [7, 11) is 1.64. The fraction of sp³-hybridized carbons (Fsp3) is 0.571. The minimum Gasteiger partial charge on any atom is -0.460 e. The first kappa shape index (κ1) is 25.4. The lowest BCUT2D eigenvalue weighted by molar-refractivity contribution is -0.146. The number of nitrogens with one attached hydrogen (secondary N) is 2. The van der Waals surface area contributed by atoms with Gasteiger partial charge in [0.05, 0.1) is 23.3 Å². The van der Waals surface area contributed by atoms with Crippen molar-refractivity contribution in [3.8, 4) is 6.07 Å². The standard InChI is InChI=1S/C21H30N6O4S/c1-4-11-31-20(29)15(14-22)13-18-27(5-2)19(28)16(32-18)6-8-24-21-25-9-7-17(26-21)23-10-12-30-3/h4,7,9,15-16,18H,1,5-6,8,10-13H2,2-3H3,(H2,23,24,25,26). The minimum atomic E-state index is -0.923. The number of thioether (sulfide) groups is 1. The highest BCUT2D eigenvalue weighted by molar-refractivity contribution is 8.01. The van der Waals surface area contributed by atoms with E-state index in [-0.39, 0.29) is 29.6 Å². The number of hydrogen-bond acceptors (Lipinski definition) is 10. The summed E-state index contributed by atoms with van der Waals surface area (Å²) in [5.41, 5.74) is 0. The van der Waals surface area contributed by atoms with E-state index < -0.39 is 11.9 Å². The molecule has 174 valence electrons. The Morgan fingerprint density at radius 2 is 2.28 bits per heavy atom. The van der Waals surface area contributed by atoms with Crippen LogP contribution in [0.15, 0.2) is 24.9 Å². The molecule has 32 heavy (non-hydrogen) atoms. The van der Waals surface area contributed by atoms with Gasteiger partial charge in [-0.25, -0.2) is 4.98 Å². The molecule has 1 aliphatic heterocycles. The highest BCUT2D eigenvalue weighted by Crippen LogP contribution is 2.37. The molecule has 0 radical (unpaired) electrons. The van der Waals surface area contributed by atoms with Gasteiger partial charge in [-0.2, -0.15) is 10.2 Å². The van der Waals surface area contributed by atoms with Crippen LogP contribution in [0, 0.1) is 17.2 Å². The highest BCUT2D eigenvalue weighted by atomic mass is 32.2. The van der Waals surface area contributed by atoms with Crippen LogP contribution in [0.4, 0.5) is 11.8 Å². The van der Waals surface area contributed by atoms with Crippen LogP contribution in [-0.2, 0) is 19.1 Å². The molecule has 1 aromatic heterocycles. The topological polar surface area (TPSA) is 129 Å². The molecule has 0 saturated carbocycles. The third kappa shape index (κ3) is 7.39. The Balaban J connectivity index is 1.88. The van der Waals surface area contributed by atoms with E-state index in [0.29, 0.717) is 44.4 Å². The molecular formula is C21H30N6O4S. The van der Waals surface area contributed by atoms with E-state index in [2.05, 4.69) is 27.2 Å². The first-order valence-electron chi connectivity index (χ1n) is 10.5. The SMILES string of the molecule is C=CCOC(=O)C(C#N)CC1SC(CCNc2nccc(NCCOC)n2)C(=O)N1CC. The lowest BCUT2D eigenvalue weighted by Gasteiger charge is -2.23. The molecule has 1 fully saturated rings. The molecule has 2 N–H and O–H groups in total. The lowest BCUT2D eigenvalue weighted by Crippen LogP contribution is -2.36. The van der Waals surface area contributed by atoms with E-state index in [1.807, 2.05) is 13.0 Å². The van der Waals surface area contributed by atoms with Crippen LogP contribution in [-0.4, -0.2) is 77.3 Å². The number of aromatic nitrogens is 2. The van der Waals surface area contributed by atoms with Crippen molar-refractivity contribution in [1.82, 2.24) is 14.9 Å². The maximum atomic E-state index is 12.8. The molecule has 2 heterocycles. The van der Waals surface area contributed by atoms with Crippen LogP contribution in [0.2, 0.25) is 0 Å². The smallest absolute Gasteiger partial charge is 0.323 e. The van der Waals surface area contributed by atoms with E-state index in [1.165, 1.54) is 17.8 Å². The number of methoxy groups -OCH3 is 1. The molecule has 1 aliphatic rings. The van der Waals surface area contributed by atoms with Gasteiger partial charge in [-0.1, -0.05) is 12.7 Å². The molecule has 0 aliphatic carbocycles. The quantitative estimate of drug-likeness (QED) is 0.240. The Labute approximate surface area is 192 Å². The number of ether oxygens (including phenoxy) is 2. The molecule has 2 rings (SSSR count). The number of hydrogen-bond donors (Lipinski definition) is 2. The second kappa shape index (κ2) is 13.5. The Morgan fingerprint density at radius 3 is 2.97 bits per heavy atom. The van der Waals surface area contributed by atoms with Crippen molar-refractivity contribution in [1.29, 1.82) is 5.26 Å². The molecule has 1 aromatic rings. The molecule has 10 nitrogen and oxygen atoms in total. The van der Waals surface area contributed by atoms with Crippen molar-refractivity contribution in [2.75, 3.05) is 50.6 Å². The van der Waals surface area contributed by atoms with E-state index in [4.69, 9.17) is 9.47 Å². The van der Waals surface area contributed by atoms with E-state index >= 15 is 0 Å². The predicted molar refractivity (Wildman–Crippen MR) is 123 cm³/mol. The summed E-state index contributed by atoms with van der Waals surface area (Å²) >= 11 is 1.48. The van der Waals surface area contributed by atoms with Crippen molar-refractivity contribution in [2.45, 2.75) is 30.4 Å². The van der Waals surface area contributed by atoms with E-state index in [1.54, 1.807) is 24.3 Å². The summed E-state index contributed by atoms with van der Waals surface area (Å²) in [5.74, 6) is -0.336. The van der Waals surface area contributed by atoms with Gasteiger partial charge in [0.2, 0.25) is 11.9 Å². The van der Waals surface area contributed by atoms with Gasteiger partial charge in [-0.05, 0) is 19.4 Å². The maximum Gasteiger partial charge on any atom is 0.323 e. The molecule has 0 bridgehead atoms. The second-order valence-electron chi connectivity index (χ2n) is 6.94. The van der Waals surface area contributed by atoms with Gasteiger partial charge in [0.15, 0.2) is 0 Å². The summed E-state index contributed by atoms with van der Waals surface area (Å²) in [6.45, 7) is 7.68. The number of amides is 1. The average molecular weight is 463 g/mol. The first-order chi connectivity index (χ1) is 15.5. The van der Waals surface area contributed by atoms with Gasteiger partial charge in [0.25, 0.3) is 0 Å². The molecule has 1 saturated heterocycles. The van der Waals surface area contributed by atoms with Crippen molar-refractivity contribution >= 4 is 35.4 Å². The fourth-order valence-corrected chi connectivity index (χ4v) is 4.75. The summed E-state index contributed by atoms with van der Waals surface area (Å²) in [6.07, 6.45) is 3.91. The Kier molecular flexibility index (Phi) is 10.8. The van der Waals surface area contributed by atoms with Crippen molar-refractivity contribution in [3.63, 3.8) is 0 Å². The fourth-order valence-electron chi connectivity index (χ4n) is 3.17. The summed E-state index contributed by atoms with van der Waals surface area (Å²) in [5, 5.41) is 15.2. The van der Waals surface area contributed by atoms with E-state index in [9.17, 15) is 14.9 Å². The number of esters is 1.